The molecule has 1 saturated carbocycles. The number of carbonyl (C=O) groups is 1. The predicted molar refractivity (Wildman–Crippen MR) is 122 cm³/mol. The molecule has 2 aliphatic rings. The van der Waals surface area contributed by atoms with E-state index in [2.05, 4.69) is 25.9 Å². The zero-order valence-corrected chi connectivity index (χ0v) is 19.6. The number of hydrazine groups is 1. The number of aromatic amines is 1. The Hall–Kier alpha value is -3.64. The van der Waals surface area contributed by atoms with Gasteiger partial charge in [0.05, 0.1) is 29.3 Å². The Kier molecular flexibility index (Phi) is 6.08. The number of ether oxygens (including phenoxy) is 1. The number of H-pyrrole nitrogens is 1. The number of nitrogens with one attached hydrogen (secondary N) is 3. The van der Waals surface area contributed by atoms with E-state index in [0.717, 1.165) is 18.9 Å². The molecule has 1 aliphatic heterocycles. The average Bonchev–Trinajstić information content (AvgIpc) is 3.56. The fraction of sp³-hybridized carbons (Fsp3) is 0.375. The van der Waals surface area contributed by atoms with Crippen LogP contribution in [0, 0.1) is 0 Å². The Balaban J connectivity index is 1.42. The number of nitrogens with zero attached hydrogens (tertiary/aromatic N) is 3. The quantitative estimate of drug-likeness (QED) is 0.449. The summed E-state index contributed by atoms with van der Waals surface area (Å²) in [6.07, 6.45) is 1.91. The molecule has 5 rings (SSSR count). The van der Waals surface area contributed by atoms with E-state index in [1.807, 2.05) is 11.9 Å². The number of carbonyl (C=O) groups excluding carboxylic acids is 1. The molecule has 0 saturated heterocycles. The van der Waals surface area contributed by atoms with Crippen molar-refractivity contribution in [1.29, 1.82) is 0 Å². The van der Waals surface area contributed by atoms with E-state index < -0.39 is 23.3 Å². The van der Waals surface area contributed by atoms with Gasteiger partial charge in [-0.2, -0.15) is 18.3 Å². The smallest absolute Gasteiger partial charge is 0.433 e. The van der Waals surface area contributed by atoms with Crippen molar-refractivity contribution in [2.24, 2.45) is 0 Å². The van der Waals surface area contributed by atoms with Crippen LogP contribution in [0.2, 0.25) is 0 Å². The van der Waals surface area contributed by atoms with E-state index in [1.54, 1.807) is 31.6 Å². The molecule has 1 fully saturated rings. The summed E-state index contributed by atoms with van der Waals surface area (Å²) in [6, 6.07) is 6.94. The van der Waals surface area contributed by atoms with Crippen molar-refractivity contribution in [3.63, 3.8) is 0 Å². The lowest BCUT2D eigenvalue weighted by Gasteiger charge is -2.42. The molecule has 12 heteroatoms. The summed E-state index contributed by atoms with van der Waals surface area (Å²) in [5, 5.41) is 11.2. The van der Waals surface area contributed by atoms with E-state index in [4.69, 9.17) is 9.15 Å². The maximum atomic E-state index is 13.4. The minimum Gasteiger partial charge on any atom is -0.451 e. The van der Waals surface area contributed by atoms with Crippen molar-refractivity contribution in [3.8, 4) is 11.3 Å². The van der Waals surface area contributed by atoms with Crippen LogP contribution in [0.3, 0.4) is 0 Å². The Bertz CT molecular complexity index is 1270. The number of furan rings is 1. The first-order chi connectivity index (χ1) is 17.2. The number of aromatic nitrogens is 3. The third-order valence-electron chi connectivity index (χ3n) is 6.44. The van der Waals surface area contributed by atoms with Crippen LogP contribution >= 0.6 is 0 Å². The molecule has 1 aliphatic carbocycles. The van der Waals surface area contributed by atoms with Crippen LogP contribution in [0.4, 0.5) is 13.2 Å². The van der Waals surface area contributed by atoms with Gasteiger partial charge in [0.1, 0.15) is 17.0 Å². The normalized spacial score (nSPS) is 23.9. The lowest BCUT2D eigenvalue weighted by atomic mass is 9.89. The lowest BCUT2D eigenvalue weighted by Crippen LogP contribution is -2.54. The van der Waals surface area contributed by atoms with Gasteiger partial charge in [0.2, 0.25) is 0 Å². The molecule has 1 amide bonds. The van der Waals surface area contributed by atoms with Crippen molar-refractivity contribution in [2.75, 3.05) is 6.61 Å². The third kappa shape index (κ3) is 4.49. The van der Waals surface area contributed by atoms with Crippen LogP contribution in [-0.4, -0.2) is 44.9 Å². The molecule has 3 aromatic rings. The third-order valence-corrected chi connectivity index (χ3v) is 6.44. The Labute approximate surface area is 204 Å². The Morgan fingerprint density at radius 2 is 2.11 bits per heavy atom. The van der Waals surface area contributed by atoms with Gasteiger partial charge in [0.25, 0.3) is 5.91 Å². The minimum atomic E-state index is -4.60. The molecule has 3 aromatic heterocycles. The number of rotatable bonds is 7. The van der Waals surface area contributed by atoms with Gasteiger partial charge in [-0.15, -0.1) is 0 Å². The molecule has 0 aromatic carbocycles. The zero-order valence-electron chi connectivity index (χ0n) is 19.6. The average molecular weight is 502 g/mol. The highest BCUT2D eigenvalue weighted by molar-refractivity contribution is 5.93. The topological polar surface area (TPSA) is 108 Å². The largest absolute Gasteiger partial charge is 0.451 e. The number of pyridine rings is 1. The molecule has 0 bridgehead atoms. The maximum Gasteiger partial charge on any atom is 0.433 e. The second-order valence-electron chi connectivity index (χ2n) is 8.90. The first-order valence-electron chi connectivity index (χ1n) is 11.5. The highest BCUT2D eigenvalue weighted by Gasteiger charge is 2.46. The summed E-state index contributed by atoms with van der Waals surface area (Å²) < 4.78 is 51.5. The van der Waals surface area contributed by atoms with E-state index in [-0.39, 0.29) is 23.6 Å². The molecular formula is C24H25F3N6O3. The van der Waals surface area contributed by atoms with Crippen molar-refractivity contribution >= 4 is 5.91 Å². The molecule has 9 nitrogen and oxygen atoms in total. The van der Waals surface area contributed by atoms with Crippen molar-refractivity contribution < 1.29 is 27.1 Å². The van der Waals surface area contributed by atoms with Crippen LogP contribution in [-0.2, 0) is 16.5 Å². The molecular weight excluding hydrogens is 477 g/mol. The number of alkyl halides is 3. The molecule has 1 atom stereocenters. The molecule has 4 heterocycles. The zero-order chi connectivity index (χ0) is 25.5. The summed E-state index contributed by atoms with van der Waals surface area (Å²) in [6.45, 7) is 4.22. The predicted octanol–water partition coefficient (Wildman–Crippen LogP) is 3.96. The van der Waals surface area contributed by atoms with Crippen LogP contribution in [0.15, 0.2) is 59.0 Å². The maximum absolute atomic E-state index is 13.4. The molecule has 0 radical (unpaired) electrons. The van der Waals surface area contributed by atoms with Crippen LogP contribution in [0.1, 0.15) is 48.6 Å². The van der Waals surface area contributed by atoms with Gasteiger partial charge in [-0.3, -0.25) is 9.89 Å². The van der Waals surface area contributed by atoms with E-state index >= 15 is 0 Å². The molecule has 0 spiro atoms. The van der Waals surface area contributed by atoms with Crippen molar-refractivity contribution in [2.45, 2.75) is 50.6 Å². The summed E-state index contributed by atoms with van der Waals surface area (Å²) >= 11 is 0. The van der Waals surface area contributed by atoms with Gasteiger partial charge in [-0.25, -0.2) is 10.4 Å². The molecule has 1 unspecified atom stereocenters. The number of hydrogen-bond acceptors (Lipinski definition) is 7. The molecule has 36 heavy (non-hydrogen) atoms. The van der Waals surface area contributed by atoms with Gasteiger partial charge >= 0.3 is 6.18 Å². The number of halogens is 3. The highest BCUT2D eigenvalue weighted by Crippen LogP contribution is 2.38. The van der Waals surface area contributed by atoms with Crippen LogP contribution in [0.5, 0.6) is 0 Å². The number of hydrogen-bond donors (Lipinski definition) is 3. The summed E-state index contributed by atoms with van der Waals surface area (Å²) in [5.74, 6) is -0.0450. The molecule has 190 valence electrons. The second-order valence-corrected chi connectivity index (χ2v) is 8.90. The van der Waals surface area contributed by atoms with Crippen molar-refractivity contribution in [1.82, 2.24) is 30.9 Å². The Morgan fingerprint density at radius 3 is 2.81 bits per heavy atom. The SMILES string of the molecule is CCOC1CC(N2C=C(NC(=O)c3ccc(-c4cn[nH]c4)o3)C(C)(c3cccc(C(F)(F)F)n3)N2)C1. The lowest BCUT2D eigenvalue weighted by molar-refractivity contribution is -0.141. The first-order valence-corrected chi connectivity index (χ1v) is 11.5. The fourth-order valence-electron chi connectivity index (χ4n) is 4.36. The highest BCUT2D eigenvalue weighted by atomic mass is 19.4. The van der Waals surface area contributed by atoms with Crippen molar-refractivity contribution in [3.05, 3.63) is 71.8 Å². The standard InChI is InChI=1S/C24H25F3N6O3/c1-3-35-16-9-15(10-16)33-13-21(23(2,32-33)19-5-4-6-20(30-19)24(25,26)27)31-22(34)18-8-7-17(36-18)14-11-28-29-12-14/h4-8,11-13,15-16,32H,3,9-10H2,1-2H3,(H,28,29)(H,31,34). The van der Waals surface area contributed by atoms with E-state index in [1.165, 1.54) is 18.2 Å². The summed E-state index contributed by atoms with van der Waals surface area (Å²) in [4.78, 5) is 17.0. The minimum absolute atomic E-state index is 0.0463. The van der Waals surface area contributed by atoms with Gasteiger partial charge < -0.3 is 19.5 Å². The van der Waals surface area contributed by atoms with Crippen LogP contribution < -0.4 is 10.7 Å². The first kappa shape index (κ1) is 24.1. The second kappa shape index (κ2) is 9.10. The monoisotopic (exact) mass is 502 g/mol. The van der Waals surface area contributed by atoms with Crippen LogP contribution in [0.25, 0.3) is 11.3 Å². The van der Waals surface area contributed by atoms with Gasteiger partial charge in [0, 0.05) is 25.0 Å². The van der Waals surface area contributed by atoms with Gasteiger partial charge in [0.15, 0.2) is 5.76 Å². The van der Waals surface area contributed by atoms with E-state index in [0.29, 0.717) is 23.6 Å². The van der Waals surface area contributed by atoms with Gasteiger partial charge in [-0.1, -0.05) is 6.07 Å². The van der Waals surface area contributed by atoms with Gasteiger partial charge in [-0.05, 0) is 51.0 Å². The molecule has 3 N–H and O–H groups in total. The number of amides is 1. The summed E-state index contributed by atoms with van der Waals surface area (Å²) in [7, 11) is 0. The van der Waals surface area contributed by atoms with E-state index in [9.17, 15) is 18.0 Å². The summed E-state index contributed by atoms with van der Waals surface area (Å²) in [5.41, 5.74) is 2.16. The Morgan fingerprint density at radius 1 is 1.31 bits per heavy atom. The fourth-order valence-corrected chi connectivity index (χ4v) is 4.36.